The maximum Gasteiger partial charge on any atom is 0.142 e. The van der Waals surface area contributed by atoms with Crippen LogP contribution in [-0.2, 0) is 0 Å². The zero-order valence-electron chi connectivity index (χ0n) is 6.67. The highest BCUT2D eigenvalue weighted by molar-refractivity contribution is 9.10. The minimum absolute atomic E-state index is 0.104. The molecule has 0 saturated heterocycles. The molecule has 1 aromatic carbocycles. The highest BCUT2D eigenvalue weighted by Gasteiger charge is 2.00. The smallest absolute Gasteiger partial charge is 0.142 e. The van der Waals surface area contributed by atoms with E-state index in [4.69, 9.17) is 9.84 Å². The Morgan fingerprint density at radius 1 is 1.58 bits per heavy atom. The van der Waals surface area contributed by atoms with E-state index in [-0.39, 0.29) is 6.73 Å². The first-order valence-corrected chi connectivity index (χ1v) is 4.25. The van der Waals surface area contributed by atoms with Gasteiger partial charge >= 0.3 is 0 Å². The maximum atomic E-state index is 8.65. The molecule has 0 heterocycles. The average molecular weight is 232 g/mol. The topological polar surface area (TPSA) is 41.5 Å². The number of anilines is 1. The molecular weight excluding hydrogens is 222 g/mol. The van der Waals surface area contributed by atoms with Crippen LogP contribution in [0.15, 0.2) is 22.7 Å². The van der Waals surface area contributed by atoms with Crippen molar-refractivity contribution >= 4 is 21.6 Å². The van der Waals surface area contributed by atoms with Crippen LogP contribution >= 0.6 is 15.9 Å². The highest BCUT2D eigenvalue weighted by Crippen LogP contribution is 2.27. The van der Waals surface area contributed by atoms with Gasteiger partial charge in [0.15, 0.2) is 0 Å². The van der Waals surface area contributed by atoms with Crippen molar-refractivity contribution in [2.24, 2.45) is 0 Å². The van der Waals surface area contributed by atoms with Gasteiger partial charge in [0.25, 0.3) is 0 Å². The normalized spacial score (nSPS) is 9.58. The third-order valence-electron chi connectivity index (χ3n) is 1.43. The molecular formula is C8H10BrNO2. The molecule has 0 unspecified atom stereocenters. The maximum absolute atomic E-state index is 8.65. The van der Waals surface area contributed by atoms with Crippen LogP contribution in [0.3, 0.4) is 0 Å². The van der Waals surface area contributed by atoms with E-state index in [0.29, 0.717) is 5.75 Å². The molecule has 1 rings (SSSR count). The van der Waals surface area contributed by atoms with Crippen LogP contribution < -0.4 is 10.1 Å². The van der Waals surface area contributed by atoms with Gasteiger partial charge < -0.3 is 15.2 Å². The van der Waals surface area contributed by atoms with E-state index in [1.54, 1.807) is 7.11 Å². The van der Waals surface area contributed by atoms with Gasteiger partial charge in [-0.25, -0.2) is 0 Å². The quantitative estimate of drug-likeness (QED) is 0.781. The summed E-state index contributed by atoms with van der Waals surface area (Å²) in [6.07, 6.45) is 0. The fraction of sp³-hybridized carbons (Fsp3) is 0.250. The van der Waals surface area contributed by atoms with Crippen LogP contribution in [-0.4, -0.2) is 18.9 Å². The molecule has 0 bridgehead atoms. The van der Waals surface area contributed by atoms with Crippen molar-refractivity contribution < 1.29 is 9.84 Å². The van der Waals surface area contributed by atoms with Crippen molar-refractivity contribution in [3.63, 3.8) is 0 Å². The largest absolute Gasteiger partial charge is 0.495 e. The summed E-state index contributed by atoms with van der Waals surface area (Å²) >= 11 is 3.32. The molecule has 0 aromatic heterocycles. The summed E-state index contributed by atoms with van der Waals surface area (Å²) in [6, 6.07) is 5.54. The molecule has 0 radical (unpaired) electrons. The van der Waals surface area contributed by atoms with Crippen LogP contribution in [0, 0.1) is 0 Å². The van der Waals surface area contributed by atoms with Gasteiger partial charge in [-0.3, -0.25) is 0 Å². The molecule has 12 heavy (non-hydrogen) atoms. The number of hydrogen-bond donors (Lipinski definition) is 2. The third-order valence-corrected chi connectivity index (χ3v) is 1.92. The van der Waals surface area contributed by atoms with Gasteiger partial charge in [-0.2, -0.15) is 0 Å². The number of aliphatic hydroxyl groups is 1. The Kier molecular flexibility index (Phi) is 3.37. The molecule has 0 atom stereocenters. The van der Waals surface area contributed by atoms with E-state index in [2.05, 4.69) is 21.2 Å². The Morgan fingerprint density at radius 2 is 2.33 bits per heavy atom. The second-order valence-electron chi connectivity index (χ2n) is 2.18. The SMILES string of the molecule is COc1ccc(Br)cc1NCO. The molecule has 4 heteroatoms. The van der Waals surface area contributed by atoms with Crippen molar-refractivity contribution in [3.05, 3.63) is 22.7 Å². The van der Waals surface area contributed by atoms with Crippen LogP contribution in [0.25, 0.3) is 0 Å². The number of rotatable bonds is 3. The first-order chi connectivity index (χ1) is 5.77. The lowest BCUT2D eigenvalue weighted by Gasteiger charge is -2.08. The lowest BCUT2D eigenvalue weighted by molar-refractivity contribution is 0.324. The summed E-state index contributed by atoms with van der Waals surface area (Å²) in [4.78, 5) is 0. The predicted octanol–water partition coefficient (Wildman–Crippen LogP) is 1.82. The summed E-state index contributed by atoms with van der Waals surface area (Å²) < 4.78 is 6.00. The number of halogens is 1. The Labute approximate surface area is 79.5 Å². The van der Waals surface area contributed by atoms with Crippen molar-refractivity contribution in [1.29, 1.82) is 0 Å². The molecule has 0 spiro atoms. The van der Waals surface area contributed by atoms with Crippen molar-refractivity contribution in [3.8, 4) is 5.75 Å². The number of hydrogen-bond acceptors (Lipinski definition) is 3. The molecule has 0 saturated carbocycles. The number of ether oxygens (including phenoxy) is 1. The van der Waals surface area contributed by atoms with Gasteiger partial charge in [-0.05, 0) is 18.2 Å². The van der Waals surface area contributed by atoms with E-state index in [1.165, 1.54) is 0 Å². The van der Waals surface area contributed by atoms with Crippen LogP contribution in [0.1, 0.15) is 0 Å². The average Bonchev–Trinajstić information content (AvgIpc) is 2.05. The monoisotopic (exact) mass is 231 g/mol. The van der Waals surface area contributed by atoms with E-state index in [0.717, 1.165) is 10.2 Å². The van der Waals surface area contributed by atoms with Gasteiger partial charge in [0, 0.05) is 4.47 Å². The highest BCUT2D eigenvalue weighted by atomic mass is 79.9. The molecule has 0 aliphatic rings. The van der Waals surface area contributed by atoms with Gasteiger partial charge in [-0.15, -0.1) is 0 Å². The first-order valence-electron chi connectivity index (χ1n) is 3.46. The molecule has 66 valence electrons. The summed E-state index contributed by atoms with van der Waals surface area (Å²) in [5, 5.41) is 11.4. The van der Waals surface area contributed by atoms with E-state index in [9.17, 15) is 0 Å². The second kappa shape index (κ2) is 4.33. The summed E-state index contributed by atoms with van der Waals surface area (Å²) in [5.74, 6) is 0.715. The second-order valence-corrected chi connectivity index (χ2v) is 3.10. The Morgan fingerprint density at radius 3 is 2.92 bits per heavy atom. The van der Waals surface area contributed by atoms with Gasteiger partial charge in [0.2, 0.25) is 0 Å². The number of aliphatic hydroxyl groups excluding tert-OH is 1. The Balaban J connectivity index is 2.95. The van der Waals surface area contributed by atoms with E-state index in [1.807, 2.05) is 18.2 Å². The van der Waals surface area contributed by atoms with Gasteiger partial charge in [0.05, 0.1) is 12.8 Å². The minimum Gasteiger partial charge on any atom is -0.495 e. The van der Waals surface area contributed by atoms with Gasteiger partial charge in [0.1, 0.15) is 12.5 Å². The molecule has 0 aliphatic carbocycles. The zero-order chi connectivity index (χ0) is 8.97. The number of benzene rings is 1. The van der Waals surface area contributed by atoms with Crippen LogP contribution in [0.5, 0.6) is 5.75 Å². The third kappa shape index (κ3) is 2.12. The fourth-order valence-electron chi connectivity index (χ4n) is 0.904. The van der Waals surface area contributed by atoms with E-state index < -0.39 is 0 Å². The lowest BCUT2D eigenvalue weighted by Crippen LogP contribution is -2.01. The summed E-state index contributed by atoms with van der Waals surface area (Å²) in [7, 11) is 1.59. The molecule has 0 fully saturated rings. The first kappa shape index (κ1) is 9.35. The standard InChI is InChI=1S/C8H10BrNO2/c1-12-8-3-2-6(9)4-7(8)10-5-11/h2-4,10-11H,5H2,1H3. The number of methoxy groups -OCH3 is 1. The van der Waals surface area contributed by atoms with Crippen molar-refractivity contribution in [1.82, 2.24) is 0 Å². The molecule has 0 amide bonds. The van der Waals surface area contributed by atoms with Crippen LogP contribution in [0.2, 0.25) is 0 Å². The Hall–Kier alpha value is -0.740. The molecule has 0 aliphatic heterocycles. The fourth-order valence-corrected chi connectivity index (χ4v) is 1.26. The Bertz CT molecular complexity index is 265. The van der Waals surface area contributed by atoms with Crippen molar-refractivity contribution in [2.75, 3.05) is 19.2 Å². The molecule has 2 N–H and O–H groups in total. The predicted molar refractivity (Wildman–Crippen MR) is 51.4 cm³/mol. The zero-order valence-corrected chi connectivity index (χ0v) is 8.26. The molecule has 3 nitrogen and oxygen atoms in total. The lowest BCUT2D eigenvalue weighted by atomic mass is 10.3. The van der Waals surface area contributed by atoms with E-state index >= 15 is 0 Å². The minimum atomic E-state index is -0.104. The molecule has 1 aromatic rings. The van der Waals surface area contributed by atoms with Crippen LogP contribution in [0.4, 0.5) is 5.69 Å². The van der Waals surface area contributed by atoms with Gasteiger partial charge in [-0.1, -0.05) is 15.9 Å². The van der Waals surface area contributed by atoms with Crippen molar-refractivity contribution in [2.45, 2.75) is 0 Å². The number of nitrogens with one attached hydrogen (secondary N) is 1. The summed E-state index contributed by atoms with van der Waals surface area (Å²) in [6.45, 7) is -0.104. The summed E-state index contributed by atoms with van der Waals surface area (Å²) in [5.41, 5.74) is 0.773.